The van der Waals surface area contributed by atoms with E-state index in [4.69, 9.17) is 14.4 Å². The minimum absolute atomic E-state index is 0.0296. The van der Waals surface area contributed by atoms with Crippen LogP contribution >= 0.6 is 0 Å². The fraction of sp³-hybridized carbons (Fsp3) is 0.471. The fourth-order valence-electron chi connectivity index (χ4n) is 7.25. The number of aromatic nitrogens is 2. The largest absolute Gasteiger partial charge is 0.480 e. The third kappa shape index (κ3) is 5.54. The molecule has 3 aliphatic heterocycles. The van der Waals surface area contributed by atoms with Gasteiger partial charge in [0.15, 0.2) is 11.4 Å². The van der Waals surface area contributed by atoms with Gasteiger partial charge >= 0.3 is 5.97 Å². The normalized spacial score (nSPS) is 21.0. The summed E-state index contributed by atoms with van der Waals surface area (Å²) in [4.78, 5) is 40.8. The second-order valence-electron chi connectivity index (χ2n) is 12.6. The molecule has 236 valence electrons. The number of carbonyl (C=O) groups excluding carboxylic acids is 1. The maximum absolute atomic E-state index is 13.1. The van der Waals surface area contributed by atoms with E-state index in [-0.39, 0.29) is 17.9 Å². The summed E-state index contributed by atoms with van der Waals surface area (Å²) in [6.07, 6.45) is 5.21. The van der Waals surface area contributed by atoms with Crippen molar-refractivity contribution in [1.29, 1.82) is 0 Å². The van der Waals surface area contributed by atoms with E-state index in [9.17, 15) is 19.8 Å². The predicted molar refractivity (Wildman–Crippen MR) is 172 cm³/mol. The van der Waals surface area contributed by atoms with Crippen LogP contribution in [0.1, 0.15) is 70.0 Å². The summed E-state index contributed by atoms with van der Waals surface area (Å²) >= 11 is 0. The van der Waals surface area contributed by atoms with Crippen LogP contribution < -0.4 is 15.1 Å². The molecule has 0 saturated carbocycles. The lowest BCUT2D eigenvalue weighted by Crippen LogP contribution is -2.50. The molecule has 1 amide bonds. The minimum atomic E-state index is -0.852. The number of amides is 1. The third-order valence-electron chi connectivity index (χ3n) is 9.69. The maximum atomic E-state index is 13.1. The van der Waals surface area contributed by atoms with Crippen molar-refractivity contribution in [2.45, 2.75) is 82.6 Å². The van der Waals surface area contributed by atoms with Crippen LogP contribution in [0.15, 0.2) is 52.9 Å². The second kappa shape index (κ2) is 12.2. The number of benzene rings is 2. The predicted octanol–water partition coefficient (Wildman–Crippen LogP) is 5.29. The summed E-state index contributed by atoms with van der Waals surface area (Å²) in [5, 5.41) is 24.5. The molecule has 1 unspecified atom stereocenters. The number of anilines is 3. The van der Waals surface area contributed by atoms with E-state index in [1.807, 2.05) is 63.2 Å². The van der Waals surface area contributed by atoms with Gasteiger partial charge in [0.2, 0.25) is 12.3 Å². The first-order valence-electron chi connectivity index (χ1n) is 16.2. The number of hydrogen-bond acceptors (Lipinski definition) is 9. The number of piperidine rings is 1. The minimum Gasteiger partial charge on any atom is -0.480 e. The number of hydrogen-bond donors (Lipinski definition) is 3. The van der Waals surface area contributed by atoms with E-state index in [1.54, 1.807) is 0 Å². The molecule has 2 fully saturated rings. The first kappa shape index (κ1) is 29.3. The van der Waals surface area contributed by atoms with Crippen LogP contribution in [0.5, 0.6) is 0 Å². The number of likely N-dealkylation sites (tertiary alicyclic amines) is 1. The van der Waals surface area contributed by atoms with E-state index in [2.05, 4.69) is 12.2 Å². The molecule has 3 aliphatic rings. The third-order valence-corrected chi connectivity index (χ3v) is 9.69. The van der Waals surface area contributed by atoms with Gasteiger partial charge in [-0.15, -0.1) is 0 Å². The number of aliphatic hydroxyl groups excluding tert-OH is 1. The van der Waals surface area contributed by atoms with Crippen molar-refractivity contribution < 1.29 is 24.2 Å². The SMILES string of the molecule is C[C@H](CCCCC(=O)N1CCC(N2c3ccccc3NC2O)CC1)c1nc(N2CCC[C@H]2C(=O)O)c2oc3ccccc3c2n1. The summed E-state index contributed by atoms with van der Waals surface area (Å²) in [6.45, 7) is 4.08. The highest BCUT2D eigenvalue weighted by Gasteiger charge is 2.36. The molecule has 11 nitrogen and oxygen atoms in total. The van der Waals surface area contributed by atoms with Crippen LogP contribution in [-0.4, -0.2) is 75.0 Å². The zero-order valence-corrected chi connectivity index (χ0v) is 25.6. The van der Waals surface area contributed by atoms with Gasteiger partial charge < -0.3 is 34.6 Å². The Morgan fingerprint density at radius 3 is 2.62 bits per heavy atom. The second-order valence-corrected chi connectivity index (χ2v) is 12.6. The molecule has 11 heteroatoms. The van der Waals surface area contributed by atoms with Gasteiger partial charge in [0.25, 0.3) is 0 Å². The Labute approximate surface area is 261 Å². The Bertz CT molecular complexity index is 1720. The number of nitrogens with one attached hydrogen (secondary N) is 1. The van der Waals surface area contributed by atoms with E-state index in [0.29, 0.717) is 60.8 Å². The Morgan fingerprint density at radius 1 is 1.02 bits per heavy atom. The molecule has 4 aromatic rings. The quantitative estimate of drug-likeness (QED) is 0.214. The van der Waals surface area contributed by atoms with Crippen LogP contribution in [-0.2, 0) is 9.59 Å². The van der Waals surface area contributed by atoms with Gasteiger partial charge in [-0.25, -0.2) is 14.8 Å². The molecule has 3 atom stereocenters. The zero-order chi connectivity index (χ0) is 31.1. The van der Waals surface area contributed by atoms with E-state index in [1.165, 1.54) is 0 Å². The molecular formula is C34H40N6O5. The van der Waals surface area contributed by atoms with Gasteiger partial charge in [-0.05, 0) is 62.8 Å². The molecule has 3 N–H and O–H groups in total. The number of carbonyl (C=O) groups is 2. The van der Waals surface area contributed by atoms with Crippen molar-refractivity contribution in [2.24, 2.45) is 0 Å². The fourth-order valence-corrected chi connectivity index (χ4v) is 7.25. The number of nitrogens with zero attached hydrogens (tertiary/aromatic N) is 5. The topological polar surface area (TPSA) is 135 Å². The number of fused-ring (bicyclic) bond motifs is 4. The van der Waals surface area contributed by atoms with Gasteiger partial charge in [-0.1, -0.05) is 37.6 Å². The molecule has 2 aromatic heterocycles. The van der Waals surface area contributed by atoms with Crippen LogP contribution in [0.2, 0.25) is 0 Å². The van der Waals surface area contributed by atoms with Crippen molar-refractivity contribution in [3.63, 3.8) is 0 Å². The molecule has 5 heterocycles. The monoisotopic (exact) mass is 612 g/mol. The van der Waals surface area contributed by atoms with Gasteiger partial charge in [0.05, 0.1) is 11.4 Å². The summed E-state index contributed by atoms with van der Waals surface area (Å²) in [5.41, 5.74) is 3.92. The first-order valence-corrected chi connectivity index (χ1v) is 16.2. The molecule has 2 saturated heterocycles. The average Bonchev–Trinajstić information content (AvgIpc) is 3.77. The number of furan rings is 1. The molecule has 2 aromatic carbocycles. The Hall–Kier alpha value is -4.38. The lowest BCUT2D eigenvalue weighted by Gasteiger charge is -2.39. The van der Waals surface area contributed by atoms with Crippen molar-refractivity contribution in [1.82, 2.24) is 14.9 Å². The Morgan fingerprint density at radius 2 is 1.80 bits per heavy atom. The lowest BCUT2D eigenvalue weighted by molar-refractivity contribution is -0.138. The number of aliphatic hydroxyl groups is 1. The number of unbranched alkanes of at least 4 members (excludes halogenated alkanes) is 1. The van der Waals surface area contributed by atoms with Crippen LogP contribution in [0.4, 0.5) is 17.2 Å². The highest BCUT2D eigenvalue weighted by atomic mass is 16.4. The summed E-state index contributed by atoms with van der Waals surface area (Å²) in [5.74, 6) is 0.591. The van der Waals surface area contributed by atoms with Crippen LogP contribution in [0, 0.1) is 0 Å². The number of para-hydroxylation sites is 3. The molecule has 0 spiro atoms. The zero-order valence-electron chi connectivity index (χ0n) is 25.6. The van der Waals surface area contributed by atoms with Crippen molar-refractivity contribution in [3.8, 4) is 0 Å². The number of carboxylic acid groups (broad SMARTS) is 1. The van der Waals surface area contributed by atoms with Crippen molar-refractivity contribution in [2.75, 3.05) is 34.8 Å². The number of carboxylic acids is 1. The smallest absolute Gasteiger partial charge is 0.326 e. The highest BCUT2D eigenvalue weighted by Crippen LogP contribution is 2.39. The van der Waals surface area contributed by atoms with Crippen molar-refractivity contribution in [3.05, 3.63) is 54.4 Å². The summed E-state index contributed by atoms with van der Waals surface area (Å²) in [6, 6.07) is 15.2. The number of rotatable bonds is 9. The lowest BCUT2D eigenvalue weighted by atomic mass is 10.0. The van der Waals surface area contributed by atoms with Gasteiger partial charge in [-0.3, -0.25) is 4.79 Å². The van der Waals surface area contributed by atoms with E-state index >= 15 is 0 Å². The highest BCUT2D eigenvalue weighted by molar-refractivity contribution is 6.06. The van der Waals surface area contributed by atoms with Gasteiger partial charge in [0.1, 0.15) is 23.0 Å². The standard InChI is InChI=1S/C34H40N6O5/c1-21(9-2-7-15-28(41)38-19-16-22(17-20-38)40-25-12-5-4-11-24(25)35-34(40)44)31-36-29-23-10-3-6-14-27(23)45-30(29)32(37-31)39-18-8-13-26(39)33(42)43/h3-6,10-12,14,21-22,26,34-35,44H,2,7-9,13,15-20H2,1H3,(H,42,43)/t21-,26+,34?/m1/s1. The first-order chi connectivity index (χ1) is 21.9. The average molecular weight is 613 g/mol. The molecule has 45 heavy (non-hydrogen) atoms. The molecular weight excluding hydrogens is 572 g/mol. The Balaban J connectivity index is 0.968. The molecule has 0 aliphatic carbocycles. The van der Waals surface area contributed by atoms with Crippen LogP contribution in [0.25, 0.3) is 22.1 Å². The number of aliphatic carboxylic acids is 1. The van der Waals surface area contributed by atoms with Gasteiger partial charge in [0, 0.05) is 43.4 Å². The molecule has 0 radical (unpaired) electrons. The van der Waals surface area contributed by atoms with E-state index < -0.39 is 18.4 Å². The summed E-state index contributed by atoms with van der Waals surface area (Å²) < 4.78 is 6.18. The maximum Gasteiger partial charge on any atom is 0.326 e. The van der Waals surface area contributed by atoms with Crippen LogP contribution in [0.3, 0.4) is 0 Å². The Kier molecular flexibility index (Phi) is 7.95. The van der Waals surface area contributed by atoms with Crippen molar-refractivity contribution >= 4 is 51.1 Å². The van der Waals surface area contributed by atoms with E-state index in [0.717, 1.165) is 55.3 Å². The summed E-state index contributed by atoms with van der Waals surface area (Å²) in [7, 11) is 0. The molecule has 0 bridgehead atoms. The van der Waals surface area contributed by atoms with Gasteiger partial charge in [-0.2, -0.15) is 0 Å². The molecule has 7 rings (SSSR count).